The summed E-state index contributed by atoms with van der Waals surface area (Å²) in [5, 5.41) is 10.4. The number of hydrogen-bond acceptors (Lipinski definition) is 5. The lowest BCUT2D eigenvalue weighted by atomic mass is 9.91. The van der Waals surface area contributed by atoms with E-state index in [-0.39, 0.29) is 29.9 Å². The van der Waals surface area contributed by atoms with E-state index in [0.29, 0.717) is 6.61 Å². The molecule has 0 amide bonds. The molecule has 2 aliphatic rings. The predicted octanol–water partition coefficient (Wildman–Crippen LogP) is 2.58. The number of fused-ring (bicyclic) bond motifs is 1. The normalized spacial score (nSPS) is 39.8. The van der Waals surface area contributed by atoms with E-state index in [1.807, 2.05) is 37.3 Å². The molecule has 0 bridgehead atoms. The molecule has 3 rings (SSSR count). The van der Waals surface area contributed by atoms with Crippen molar-refractivity contribution >= 4 is 11.8 Å². The molecule has 0 spiro atoms. The monoisotopic (exact) mass is 310 g/mol. The third-order valence-corrected chi connectivity index (χ3v) is 5.16. The fourth-order valence-electron chi connectivity index (χ4n) is 2.91. The van der Waals surface area contributed by atoms with Gasteiger partial charge in [-0.1, -0.05) is 44.2 Å². The number of aliphatic hydroxyl groups excluding tert-OH is 1. The van der Waals surface area contributed by atoms with Gasteiger partial charge >= 0.3 is 0 Å². The summed E-state index contributed by atoms with van der Waals surface area (Å²) in [4.78, 5) is 0. The van der Waals surface area contributed by atoms with Crippen LogP contribution in [-0.4, -0.2) is 41.2 Å². The van der Waals surface area contributed by atoms with Gasteiger partial charge in [0.2, 0.25) is 0 Å². The van der Waals surface area contributed by atoms with Crippen LogP contribution in [0.25, 0.3) is 0 Å². The minimum absolute atomic E-state index is 0.0305. The van der Waals surface area contributed by atoms with Crippen molar-refractivity contribution in [1.82, 2.24) is 0 Å². The summed E-state index contributed by atoms with van der Waals surface area (Å²) in [6, 6.07) is 9.89. The van der Waals surface area contributed by atoms with Crippen molar-refractivity contribution in [3.63, 3.8) is 0 Å². The second-order valence-electron chi connectivity index (χ2n) is 5.52. The summed E-state index contributed by atoms with van der Waals surface area (Å²) in [7, 11) is 0. The van der Waals surface area contributed by atoms with E-state index in [1.54, 1.807) is 11.8 Å². The minimum atomic E-state index is -0.509. The van der Waals surface area contributed by atoms with Gasteiger partial charge in [-0.15, -0.1) is 11.8 Å². The molecule has 2 fully saturated rings. The Hall–Kier alpha value is -0.590. The SMILES string of the molecule is CCS[C@@H]1OC2COC(c3ccccc3)O[C@H]2[C@H](C)C1O. The number of aliphatic hydroxyl groups is 1. The number of thioether (sulfide) groups is 1. The van der Waals surface area contributed by atoms with Crippen LogP contribution in [0.1, 0.15) is 25.7 Å². The Balaban J connectivity index is 1.71. The van der Waals surface area contributed by atoms with Gasteiger partial charge in [0.05, 0.1) is 18.8 Å². The molecule has 116 valence electrons. The van der Waals surface area contributed by atoms with Gasteiger partial charge in [0.15, 0.2) is 6.29 Å². The molecular formula is C16H22O4S. The van der Waals surface area contributed by atoms with Gasteiger partial charge in [-0.2, -0.15) is 0 Å². The van der Waals surface area contributed by atoms with Crippen molar-refractivity contribution in [2.45, 2.75) is 43.9 Å². The largest absolute Gasteiger partial charge is 0.389 e. The molecule has 6 atom stereocenters. The summed E-state index contributed by atoms with van der Waals surface area (Å²) in [5.74, 6) is 0.947. The predicted molar refractivity (Wildman–Crippen MR) is 82.0 cm³/mol. The first kappa shape index (κ1) is 15.3. The third-order valence-electron chi connectivity index (χ3n) is 4.11. The van der Waals surface area contributed by atoms with Gasteiger partial charge in [-0.3, -0.25) is 0 Å². The van der Waals surface area contributed by atoms with Gasteiger partial charge in [0.25, 0.3) is 0 Å². The molecule has 3 unspecified atom stereocenters. The molecule has 1 N–H and O–H groups in total. The Labute approximate surface area is 129 Å². The molecule has 1 aromatic carbocycles. The van der Waals surface area contributed by atoms with Crippen molar-refractivity contribution in [1.29, 1.82) is 0 Å². The van der Waals surface area contributed by atoms with Crippen molar-refractivity contribution < 1.29 is 19.3 Å². The molecule has 2 saturated heterocycles. The lowest BCUT2D eigenvalue weighted by Crippen LogP contribution is -2.57. The van der Waals surface area contributed by atoms with E-state index in [9.17, 15) is 5.11 Å². The van der Waals surface area contributed by atoms with E-state index in [4.69, 9.17) is 14.2 Å². The first-order valence-electron chi connectivity index (χ1n) is 7.48. The van der Waals surface area contributed by atoms with Crippen LogP contribution in [0.15, 0.2) is 30.3 Å². The van der Waals surface area contributed by atoms with E-state index in [2.05, 4.69) is 6.92 Å². The molecule has 0 saturated carbocycles. The average molecular weight is 310 g/mol. The summed E-state index contributed by atoms with van der Waals surface area (Å²) in [6.45, 7) is 4.60. The van der Waals surface area contributed by atoms with Gasteiger partial charge in [0, 0.05) is 11.5 Å². The third kappa shape index (κ3) is 3.12. The number of ether oxygens (including phenoxy) is 3. The Morgan fingerprint density at radius 2 is 2.00 bits per heavy atom. The summed E-state index contributed by atoms with van der Waals surface area (Å²) in [6.07, 6.45) is -1.12. The van der Waals surface area contributed by atoms with Crippen LogP contribution in [0, 0.1) is 5.92 Å². The van der Waals surface area contributed by atoms with Crippen molar-refractivity contribution in [3.05, 3.63) is 35.9 Å². The van der Waals surface area contributed by atoms with Gasteiger partial charge in [-0.05, 0) is 5.75 Å². The lowest BCUT2D eigenvalue weighted by molar-refractivity contribution is -0.307. The van der Waals surface area contributed by atoms with Crippen LogP contribution in [0.3, 0.4) is 0 Å². The van der Waals surface area contributed by atoms with Crippen LogP contribution in [0.4, 0.5) is 0 Å². The highest BCUT2D eigenvalue weighted by Crippen LogP contribution is 2.39. The molecular weight excluding hydrogens is 288 g/mol. The Bertz CT molecular complexity index is 453. The number of rotatable bonds is 3. The smallest absolute Gasteiger partial charge is 0.184 e. The zero-order chi connectivity index (χ0) is 14.8. The van der Waals surface area contributed by atoms with E-state index in [0.717, 1.165) is 11.3 Å². The van der Waals surface area contributed by atoms with Gasteiger partial charge < -0.3 is 19.3 Å². The Morgan fingerprint density at radius 3 is 2.71 bits per heavy atom. The van der Waals surface area contributed by atoms with Crippen LogP contribution in [0.5, 0.6) is 0 Å². The molecule has 5 heteroatoms. The number of hydrogen-bond donors (Lipinski definition) is 1. The highest BCUT2D eigenvalue weighted by Gasteiger charge is 2.47. The molecule has 0 aromatic heterocycles. The molecule has 0 radical (unpaired) electrons. The highest BCUT2D eigenvalue weighted by molar-refractivity contribution is 7.99. The number of benzene rings is 1. The van der Waals surface area contributed by atoms with E-state index >= 15 is 0 Å². The second-order valence-corrected chi connectivity index (χ2v) is 6.90. The van der Waals surface area contributed by atoms with Crippen LogP contribution < -0.4 is 0 Å². The maximum Gasteiger partial charge on any atom is 0.184 e. The zero-order valence-electron chi connectivity index (χ0n) is 12.3. The van der Waals surface area contributed by atoms with E-state index < -0.39 is 6.10 Å². The fraction of sp³-hybridized carbons (Fsp3) is 0.625. The molecule has 1 aromatic rings. The maximum atomic E-state index is 10.4. The first-order valence-corrected chi connectivity index (χ1v) is 8.52. The molecule has 2 heterocycles. The van der Waals surface area contributed by atoms with Gasteiger partial charge in [-0.25, -0.2) is 0 Å². The van der Waals surface area contributed by atoms with Crippen molar-refractivity contribution in [2.24, 2.45) is 5.92 Å². The minimum Gasteiger partial charge on any atom is -0.389 e. The lowest BCUT2D eigenvalue weighted by Gasteiger charge is -2.47. The summed E-state index contributed by atoms with van der Waals surface area (Å²) in [5.41, 5.74) is 0.814. The molecule has 2 aliphatic heterocycles. The topological polar surface area (TPSA) is 47.9 Å². The molecule has 0 aliphatic carbocycles. The van der Waals surface area contributed by atoms with Crippen molar-refractivity contribution in [3.8, 4) is 0 Å². The second kappa shape index (κ2) is 6.67. The van der Waals surface area contributed by atoms with E-state index in [1.165, 1.54) is 0 Å². The first-order chi connectivity index (χ1) is 10.2. The molecule has 4 nitrogen and oxygen atoms in total. The molecule has 21 heavy (non-hydrogen) atoms. The van der Waals surface area contributed by atoms with Crippen LogP contribution in [0.2, 0.25) is 0 Å². The Kier molecular flexibility index (Phi) is 4.86. The quantitative estimate of drug-likeness (QED) is 0.930. The summed E-state index contributed by atoms with van der Waals surface area (Å²) < 4.78 is 17.8. The summed E-state index contributed by atoms with van der Waals surface area (Å²) >= 11 is 1.63. The zero-order valence-corrected chi connectivity index (χ0v) is 13.2. The average Bonchev–Trinajstić information content (AvgIpc) is 2.53. The fourth-order valence-corrected chi connectivity index (χ4v) is 3.90. The highest BCUT2D eigenvalue weighted by atomic mass is 32.2. The standard InChI is InChI=1S/C16H22O4S/c1-3-21-16-13(17)10(2)14-12(19-16)9-18-15(20-14)11-7-5-4-6-8-11/h4-8,10,12-17H,3,9H2,1-2H3/t10-,12?,13?,14+,15?,16+/m1/s1. The maximum absolute atomic E-state index is 10.4. The van der Waals surface area contributed by atoms with Crippen LogP contribution >= 0.6 is 11.8 Å². The van der Waals surface area contributed by atoms with Gasteiger partial charge in [0.1, 0.15) is 11.5 Å². The Morgan fingerprint density at radius 1 is 1.24 bits per heavy atom. The van der Waals surface area contributed by atoms with Crippen molar-refractivity contribution in [2.75, 3.05) is 12.4 Å². The van der Waals surface area contributed by atoms with Crippen LogP contribution in [-0.2, 0) is 14.2 Å².